The number of allylic oxidation sites excluding steroid dienone is 3. The molecule has 0 amide bonds. The molecule has 1 fully saturated rings. The first kappa shape index (κ1) is 23.0. The number of hydrogen-bond acceptors (Lipinski definition) is 4. The zero-order valence-electron chi connectivity index (χ0n) is 17.7. The second-order valence-electron chi connectivity index (χ2n) is 8.28. The Balaban J connectivity index is 2.07. The first-order chi connectivity index (χ1) is 13.7. The average Bonchev–Trinajstić information content (AvgIpc) is 2.69. The second-order valence-corrected chi connectivity index (χ2v) is 8.72. The van der Waals surface area contributed by atoms with Crippen LogP contribution in [0.15, 0.2) is 78.5 Å². The molecular weight excluding hydrogens is 384 g/mol. The fourth-order valence-corrected chi connectivity index (χ4v) is 3.48. The first-order valence-electron chi connectivity index (χ1n) is 9.94. The quantitative estimate of drug-likeness (QED) is 0.448. The van der Waals surface area contributed by atoms with E-state index in [1.54, 1.807) is 12.2 Å². The van der Waals surface area contributed by atoms with Gasteiger partial charge in [0.05, 0.1) is 11.6 Å². The molecule has 1 heterocycles. The van der Waals surface area contributed by atoms with E-state index in [4.69, 9.17) is 26.8 Å². The van der Waals surface area contributed by atoms with Crippen LogP contribution in [0.2, 0.25) is 0 Å². The van der Waals surface area contributed by atoms with Crippen LogP contribution in [0.4, 0.5) is 0 Å². The van der Waals surface area contributed by atoms with Gasteiger partial charge in [0.15, 0.2) is 5.88 Å². The molecular formula is C24H33ClN2O2. The van der Waals surface area contributed by atoms with Gasteiger partial charge in [-0.25, -0.2) is 0 Å². The van der Waals surface area contributed by atoms with E-state index in [2.05, 4.69) is 42.3 Å². The monoisotopic (exact) mass is 416 g/mol. The highest BCUT2D eigenvalue weighted by atomic mass is 35.5. The molecule has 1 aliphatic heterocycles. The molecule has 0 aromatic heterocycles. The predicted octanol–water partition coefficient (Wildman–Crippen LogP) is 5.50. The van der Waals surface area contributed by atoms with E-state index in [1.165, 1.54) is 11.8 Å². The van der Waals surface area contributed by atoms with Crippen LogP contribution in [0.5, 0.6) is 0 Å². The van der Waals surface area contributed by atoms with Crippen LogP contribution in [0, 0.1) is 5.92 Å². The van der Waals surface area contributed by atoms with Crippen molar-refractivity contribution >= 4 is 11.6 Å². The van der Waals surface area contributed by atoms with Gasteiger partial charge in [0.25, 0.3) is 0 Å². The van der Waals surface area contributed by atoms with E-state index in [0.717, 1.165) is 25.4 Å². The number of halogens is 1. The van der Waals surface area contributed by atoms with E-state index in [9.17, 15) is 0 Å². The Kier molecular flexibility index (Phi) is 8.27. The third kappa shape index (κ3) is 7.54. The Morgan fingerprint density at radius 1 is 1.24 bits per heavy atom. The van der Waals surface area contributed by atoms with Gasteiger partial charge < -0.3 is 20.1 Å². The van der Waals surface area contributed by atoms with Crippen LogP contribution >= 0.6 is 11.6 Å². The summed E-state index contributed by atoms with van der Waals surface area (Å²) in [6, 6.07) is 10.5. The topological polar surface area (TPSA) is 47.7 Å². The van der Waals surface area contributed by atoms with E-state index in [0.29, 0.717) is 29.2 Å². The summed E-state index contributed by atoms with van der Waals surface area (Å²) in [5.74, 6) is 1.98. The van der Waals surface area contributed by atoms with Gasteiger partial charge in [0.1, 0.15) is 11.4 Å². The van der Waals surface area contributed by atoms with Crippen molar-refractivity contribution in [1.29, 1.82) is 0 Å². The van der Waals surface area contributed by atoms with Crippen LogP contribution in [-0.4, -0.2) is 30.2 Å². The largest absolute Gasteiger partial charge is 0.494 e. The summed E-state index contributed by atoms with van der Waals surface area (Å²) in [7, 11) is 0. The number of rotatable bonds is 8. The van der Waals surface area contributed by atoms with Crippen molar-refractivity contribution in [3.05, 3.63) is 84.1 Å². The molecule has 4 nitrogen and oxygen atoms in total. The molecule has 158 valence electrons. The third-order valence-electron chi connectivity index (χ3n) is 4.83. The smallest absolute Gasteiger partial charge is 0.182 e. The fraction of sp³-hybridized carbons (Fsp3) is 0.417. The van der Waals surface area contributed by atoms with Crippen molar-refractivity contribution in [3.63, 3.8) is 0 Å². The average molecular weight is 417 g/mol. The maximum absolute atomic E-state index is 6.01. The van der Waals surface area contributed by atoms with Crippen molar-refractivity contribution in [2.45, 2.75) is 38.7 Å². The molecule has 1 aromatic carbocycles. The molecule has 2 atom stereocenters. The summed E-state index contributed by atoms with van der Waals surface area (Å²) in [4.78, 5) is 2.24. The second kappa shape index (κ2) is 10.4. The molecule has 0 bridgehead atoms. The number of hydrogen-bond donors (Lipinski definition) is 1. The molecule has 1 aliphatic rings. The van der Waals surface area contributed by atoms with Crippen LogP contribution in [0.3, 0.4) is 0 Å². The third-order valence-corrected chi connectivity index (χ3v) is 5.08. The van der Waals surface area contributed by atoms with Gasteiger partial charge in [-0.3, -0.25) is 0 Å². The standard InChI is InChI=1S/C24H33ClN2O2/c1-18(11-12-22(25)15-26)28-17-21-13-14-27(19(2)29-24(3,4)5)16-23(21)20-9-7-6-8-10-20/h6-12,15,21,23H,1-2,13-14,16-17,26H2,3-5H3/b12-11-,22-15+/t21?,23-/m1/s1. The minimum Gasteiger partial charge on any atom is -0.494 e. The van der Waals surface area contributed by atoms with Crippen molar-refractivity contribution < 1.29 is 9.47 Å². The van der Waals surface area contributed by atoms with Gasteiger partial charge in [-0.15, -0.1) is 0 Å². The van der Waals surface area contributed by atoms with Gasteiger partial charge in [-0.1, -0.05) is 48.5 Å². The number of nitrogens with zero attached hydrogens (tertiary/aromatic N) is 1. The first-order valence-corrected chi connectivity index (χ1v) is 10.3. The van der Waals surface area contributed by atoms with Crippen molar-refractivity contribution in [2.75, 3.05) is 19.7 Å². The van der Waals surface area contributed by atoms with E-state index >= 15 is 0 Å². The lowest BCUT2D eigenvalue weighted by atomic mass is 9.81. The normalized spacial score (nSPS) is 20.6. The molecule has 2 rings (SSSR count). The van der Waals surface area contributed by atoms with Crippen molar-refractivity contribution in [3.8, 4) is 0 Å². The predicted molar refractivity (Wildman–Crippen MR) is 121 cm³/mol. The zero-order valence-corrected chi connectivity index (χ0v) is 18.5. The van der Waals surface area contributed by atoms with Gasteiger partial charge in [0, 0.05) is 31.1 Å². The minimum absolute atomic E-state index is 0.261. The highest BCUT2D eigenvalue weighted by Gasteiger charge is 2.32. The summed E-state index contributed by atoms with van der Waals surface area (Å²) in [6.45, 7) is 16.5. The molecule has 0 radical (unpaired) electrons. The lowest BCUT2D eigenvalue weighted by Crippen LogP contribution is -2.41. The fourth-order valence-electron chi connectivity index (χ4n) is 3.41. The Hall–Kier alpha value is -2.33. The molecule has 1 saturated heterocycles. The van der Waals surface area contributed by atoms with Crippen LogP contribution in [-0.2, 0) is 9.47 Å². The maximum atomic E-state index is 6.01. The Morgan fingerprint density at radius 3 is 2.55 bits per heavy atom. The van der Waals surface area contributed by atoms with Crippen LogP contribution in [0.25, 0.3) is 0 Å². The van der Waals surface area contributed by atoms with Crippen LogP contribution in [0.1, 0.15) is 38.7 Å². The van der Waals surface area contributed by atoms with E-state index < -0.39 is 0 Å². The van der Waals surface area contributed by atoms with Gasteiger partial charge in [0.2, 0.25) is 0 Å². The minimum atomic E-state index is -0.261. The summed E-state index contributed by atoms with van der Waals surface area (Å²) >= 11 is 5.88. The van der Waals surface area contributed by atoms with Crippen molar-refractivity contribution in [2.24, 2.45) is 11.7 Å². The Labute approximate surface area is 180 Å². The molecule has 29 heavy (non-hydrogen) atoms. The number of likely N-dealkylation sites (tertiary alicyclic amines) is 1. The summed E-state index contributed by atoms with van der Waals surface area (Å²) < 4.78 is 11.9. The molecule has 2 N–H and O–H groups in total. The van der Waals surface area contributed by atoms with Crippen LogP contribution < -0.4 is 5.73 Å². The van der Waals surface area contributed by atoms with Gasteiger partial charge in [-0.05, 0) is 51.5 Å². The highest BCUT2D eigenvalue weighted by Crippen LogP contribution is 2.35. The highest BCUT2D eigenvalue weighted by molar-refractivity contribution is 6.31. The summed E-state index contributed by atoms with van der Waals surface area (Å²) in [5.41, 5.74) is 6.40. The molecule has 0 aliphatic carbocycles. The van der Waals surface area contributed by atoms with Gasteiger partial charge >= 0.3 is 0 Å². The SMILES string of the molecule is C=C(/C=C\C(Cl)=C/N)OCC1CCN(C(=C)OC(C)(C)C)C[C@@H]1c1ccccc1. The van der Waals surface area contributed by atoms with Gasteiger partial charge in [-0.2, -0.15) is 0 Å². The Morgan fingerprint density at radius 2 is 1.93 bits per heavy atom. The Bertz CT molecular complexity index is 750. The molecule has 1 unspecified atom stereocenters. The lowest BCUT2D eigenvalue weighted by molar-refractivity contribution is -0.0130. The molecule has 0 spiro atoms. The van der Waals surface area contributed by atoms with Crippen molar-refractivity contribution in [1.82, 2.24) is 4.90 Å². The number of piperidine rings is 1. The molecule has 1 aromatic rings. The zero-order chi connectivity index (χ0) is 21.4. The lowest BCUT2D eigenvalue weighted by Gasteiger charge is -2.41. The van der Waals surface area contributed by atoms with E-state index in [1.807, 2.05) is 26.8 Å². The number of nitrogens with two attached hydrogens (primary N) is 1. The molecule has 5 heteroatoms. The maximum Gasteiger partial charge on any atom is 0.182 e. The summed E-state index contributed by atoms with van der Waals surface area (Å²) in [6.07, 6.45) is 5.72. The molecule has 0 saturated carbocycles. The van der Waals surface area contributed by atoms with E-state index in [-0.39, 0.29) is 5.60 Å². The summed E-state index contributed by atoms with van der Waals surface area (Å²) in [5, 5.41) is 0.447. The number of ether oxygens (including phenoxy) is 2. The number of benzene rings is 1.